The van der Waals surface area contributed by atoms with Gasteiger partial charge in [-0.2, -0.15) is 0 Å². The van der Waals surface area contributed by atoms with Crippen LogP contribution in [-0.4, -0.2) is 73.7 Å². The molecule has 3 aromatic rings. The van der Waals surface area contributed by atoms with Gasteiger partial charge in [0.1, 0.15) is 23.6 Å². The molecule has 0 aliphatic carbocycles. The number of amides is 2. The van der Waals surface area contributed by atoms with Crippen molar-refractivity contribution in [2.24, 2.45) is 0 Å². The summed E-state index contributed by atoms with van der Waals surface area (Å²) in [6.07, 6.45) is 0.455. The molecule has 0 saturated carbocycles. The molecule has 0 bridgehead atoms. The Morgan fingerprint density at radius 3 is 2.64 bits per heavy atom. The minimum atomic E-state index is -0.601. The number of nitrogens with zero attached hydrogens (tertiary/aromatic N) is 2. The van der Waals surface area contributed by atoms with Crippen LogP contribution >= 0.6 is 0 Å². The molecule has 172 valence electrons. The summed E-state index contributed by atoms with van der Waals surface area (Å²) in [7, 11) is 4.80. The number of carbonyl (C=O) groups excluding carboxylic acids is 2. The molecular weight excluding hydrogens is 422 g/mol. The van der Waals surface area contributed by atoms with Gasteiger partial charge in [-0.05, 0) is 29.8 Å². The molecule has 2 amide bonds. The second-order valence-electron chi connectivity index (χ2n) is 8.35. The van der Waals surface area contributed by atoms with E-state index in [1.807, 2.05) is 36.4 Å². The Bertz CT molecular complexity index is 1220. The van der Waals surface area contributed by atoms with Crippen molar-refractivity contribution >= 4 is 22.7 Å². The third kappa shape index (κ3) is 3.41. The van der Waals surface area contributed by atoms with Gasteiger partial charge in [-0.15, -0.1) is 0 Å². The molecule has 1 N–H and O–H groups in total. The number of aromatic nitrogens is 1. The summed E-state index contributed by atoms with van der Waals surface area (Å²) < 4.78 is 16.3. The molecule has 1 saturated heterocycles. The second kappa shape index (κ2) is 8.44. The highest BCUT2D eigenvalue weighted by atomic mass is 16.5. The SMILES string of the molecule is COCCN1CC(=O)N2[C@H](c3cc(OC)ccc3OC)c3[nH]c4ccccc4c3C[C@H]2C1=O. The molecule has 1 fully saturated rings. The Morgan fingerprint density at radius 1 is 1.06 bits per heavy atom. The summed E-state index contributed by atoms with van der Waals surface area (Å²) in [5.74, 6) is 1.13. The summed E-state index contributed by atoms with van der Waals surface area (Å²) in [6, 6.07) is 12.5. The molecule has 0 radical (unpaired) electrons. The number of fused-ring (bicyclic) bond motifs is 4. The van der Waals surface area contributed by atoms with E-state index in [9.17, 15) is 9.59 Å². The number of ether oxygens (including phenoxy) is 3. The van der Waals surface area contributed by atoms with E-state index in [4.69, 9.17) is 14.2 Å². The molecule has 8 nitrogen and oxygen atoms in total. The highest BCUT2D eigenvalue weighted by molar-refractivity contribution is 5.97. The van der Waals surface area contributed by atoms with E-state index in [0.717, 1.165) is 27.7 Å². The zero-order chi connectivity index (χ0) is 23.1. The van der Waals surface area contributed by atoms with Crippen LogP contribution in [0.15, 0.2) is 42.5 Å². The summed E-state index contributed by atoms with van der Waals surface area (Å²) in [6.45, 7) is 0.799. The fourth-order valence-corrected chi connectivity index (χ4v) is 5.09. The molecule has 1 aromatic heterocycles. The van der Waals surface area contributed by atoms with Crippen LogP contribution in [0.2, 0.25) is 0 Å². The highest BCUT2D eigenvalue weighted by Crippen LogP contribution is 2.45. The second-order valence-corrected chi connectivity index (χ2v) is 8.35. The summed E-state index contributed by atoms with van der Waals surface area (Å²) >= 11 is 0. The van der Waals surface area contributed by atoms with E-state index in [2.05, 4.69) is 11.1 Å². The summed E-state index contributed by atoms with van der Waals surface area (Å²) in [5, 5.41) is 1.06. The Morgan fingerprint density at radius 2 is 1.88 bits per heavy atom. The standard InChI is InChI=1S/C25H27N3O5/c1-31-11-10-27-14-22(29)28-20(25(27)30)13-17-16-6-4-5-7-19(16)26-23(17)24(28)18-12-15(32-2)8-9-21(18)33-3/h4-9,12,20,24,26H,10-11,13-14H2,1-3H3/t20-,24+/m0/s1. The molecule has 2 aliphatic rings. The predicted octanol–water partition coefficient (Wildman–Crippen LogP) is 2.52. The zero-order valence-electron chi connectivity index (χ0n) is 19.0. The maximum absolute atomic E-state index is 13.5. The van der Waals surface area contributed by atoms with Crippen molar-refractivity contribution < 1.29 is 23.8 Å². The monoisotopic (exact) mass is 449 g/mol. The van der Waals surface area contributed by atoms with Gasteiger partial charge in [0.05, 0.1) is 27.4 Å². The minimum absolute atomic E-state index is 0.0248. The highest BCUT2D eigenvalue weighted by Gasteiger charge is 2.48. The number of carbonyl (C=O) groups is 2. The number of nitrogens with one attached hydrogen (secondary N) is 1. The van der Waals surface area contributed by atoms with Crippen LogP contribution in [0.4, 0.5) is 0 Å². The normalized spacial score (nSPS) is 20.1. The number of aromatic amines is 1. The molecular formula is C25H27N3O5. The Labute approximate surface area is 192 Å². The van der Waals surface area contributed by atoms with E-state index in [1.165, 1.54) is 0 Å². The third-order valence-electron chi connectivity index (χ3n) is 6.64. The van der Waals surface area contributed by atoms with Crippen molar-refractivity contribution in [3.63, 3.8) is 0 Å². The fourth-order valence-electron chi connectivity index (χ4n) is 5.09. The van der Waals surface area contributed by atoms with Crippen molar-refractivity contribution in [1.29, 1.82) is 0 Å². The lowest BCUT2D eigenvalue weighted by atomic mass is 9.85. The van der Waals surface area contributed by atoms with Gasteiger partial charge >= 0.3 is 0 Å². The number of rotatable bonds is 6. The van der Waals surface area contributed by atoms with E-state index < -0.39 is 12.1 Å². The number of H-pyrrole nitrogens is 1. The van der Waals surface area contributed by atoms with Gasteiger partial charge in [0.25, 0.3) is 0 Å². The van der Waals surface area contributed by atoms with E-state index in [-0.39, 0.29) is 18.4 Å². The van der Waals surface area contributed by atoms with Crippen LogP contribution in [0.5, 0.6) is 11.5 Å². The van der Waals surface area contributed by atoms with Gasteiger partial charge in [0.2, 0.25) is 11.8 Å². The topological polar surface area (TPSA) is 84.1 Å². The van der Waals surface area contributed by atoms with Gasteiger partial charge in [-0.3, -0.25) is 9.59 Å². The number of methoxy groups -OCH3 is 3. The third-order valence-corrected chi connectivity index (χ3v) is 6.64. The van der Waals surface area contributed by atoms with Crippen LogP contribution < -0.4 is 9.47 Å². The predicted molar refractivity (Wildman–Crippen MR) is 122 cm³/mol. The van der Waals surface area contributed by atoms with Gasteiger partial charge in [0.15, 0.2) is 0 Å². The number of benzene rings is 2. The van der Waals surface area contributed by atoms with Gasteiger partial charge in [-0.1, -0.05) is 18.2 Å². The van der Waals surface area contributed by atoms with Crippen molar-refractivity contribution in [3.05, 3.63) is 59.3 Å². The van der Waals surface area contributed by atoms with E-state index in [1.54, 1.807) is 31.1 Å². The number of para-hydroxylation sites is 1. The first-order valence-electron chi connectivity index (χ1n) is 11.0. The summed E-state index contributed by atoms with van der Waals surface area (Å²) in [5.41, 5.74) is 3.72. The molecule has 2 aliphatic heterocycles. The van der Waals surface area contributed by atoms with Crippen LogP contribution in [0.25, 0.3) is 10.9 Å². The van der Waals surface area contributed by atoms with Crippen molar-refractivity contribution in [3.8, 4) is 11.5 Å². The molecule has 8 heteroatoms. The van der Waals surface area contributed by atoms with Crippen molar-refractivity contribution in [2.75, 3.05) is 41.0 Å². The first-order valence-corrected chi connectivity index (χ1v) is 11.0. The minimum Gasteiger partial charge on any atom is -0.497 e. The Balaban J connectivity index is 1.71. The molecule has 3 heterocycles. The molecule has 2 atom stereocenters. The maximum atomic E-state index is 13.5. The van der Waals surface area contributed by atoms with Crippen LogP contribution in [-0.2, 0) is 20.7 Å². The fraction of sp³-hybridized carbons (Fsp3) is 0.360. The maximum Gasteiger partial charge on any atom is 0.246 e. The average Bonchev–Trinajstić information content (AvgIpc) is 3.22. The smallest absolute Gasteiger partial charge is 0.246 e. The van der Waals surface area contributed by atoms with E-state index in [0.29, 0.717) is 31.1 Å². The lowest BCUT2D eigenvalue weighted by Crippen LogP contribution is -2.63. The van der Waals surface area contributed by atoms with Gasteiger partial charge < -0.3 is 29.0 Å². The quantitative estimate of drug-likeness (QED) is 0.625. The summed E-state index contributed by atoms with van der Waals surface area (Å²) in [4.78, 5) is 33.9. The molecule has 2 aromatic carbocycles. The average molecular weight is 450 g/mol. The lowest BCUT2D eigenvalue weighted by molar-refractivity contribution is -0.159. The first-order chi connectivity index (χ1) is 16.1. The Hall–Kier alpha value is -3.52. The Kier molecular flexibility index (Phi) is 5.46. The van der Waals surface area contributed by atoms with Gasteiger partial charge in [-0.25, -0.2) is 0 Å². The largest absolute Gasteiger partial charge is 0.497 e. The first kappa shape index (κ1) is 21.3. The van der Waals surface area contributed by atoms with Crippen molar-refractivity contribution in [1.82, 2.24) is 14.8 Å². The number of piperazine rings is 1. The number of hydrogen-bond donors (Lipinski definition) is 1. The lowest BCUT2D eigenvalue weighted by Gasteiger charge is -2.47. The van der Waals surface area contributed by atoms with Crippen LogP contribution in [0.3, 0.4) is 0 Å². The number of hydrogen-bond acceptors (Lipinski definition) is 5. The van der Waals surface area contributed by atoms with Crippen LogP contribution in [0.1, 0.15) is 22.9 Å². The molecule has 33 heavy (non-hydrogen) atoms. The molecule has 5 rings (SSSR count). The van der Waals surface area contributed by atoms with Crippen LogP contribution in [0, 0.1) is 0 Å². The molecule has 0 unspecified atom stereocenters. The van der Waals surface area contributed by atoms with Gasteiger partial charge in [0, 0.05) is 42.2 Å². The van der Waals surface area contributed by atoms with E-state index >= 15 is 0 Å². The van der Waals surface area contributed by atoms with Crippen molar-refractivity contribution in [2.45, 2.75) is 18.5 Å². The zero-order valence-corrected chi connectivity index (χ0v) is 19.0. The molecule has 0 spiro atoms.